The largest absolute Gasteiger partial charge is 0.414 e. The van der Waals surface area contributed by atoms with Gasteiger partial charge in [-0.15, -0.1) is 0 Å². The molecule has 0 radical (unpaired) electrons. The molecule has 0 bridgehead atoms. The third kappa shape index (κ3) is 2.58. The van der Waals surface area contributed by atoms with Gasteiger partial charge in [0.25, 0.3) is 0 Å². The summed E-state index contributed by atoms with van der Waals surface area (Å²) < 4.78 is 6.15. The third-order valence-electron chi connectivity index (χ3n) is 3.60. The van der Waals surface area contributed by atoms with Crippen LogP contribution in [0.15, 0.2) is 0 Å². The summed E-state index contributed by atoms with van der Waals surface area (Å²) in [6, 6.07) is 0. The smallest absolute Gasteiger partial charge is 0.192 e. The van der Waals surface area contributed by atoms with Crippen LogP contribution in [-0.2, 0) is 4.43 Å². The molecule has 1 rings (SSSR count). The van der Waals surface area contributed by atoms with Crippen molar-refractivity contribution in [3.05, 3.63) is 0 Å². The van der Waals surface area contributed by atoms with E-state index in [-0.39, 0.29) is 5.04 Å². The van der Waals surface area contributed by atoms with Crippen molar-refractivity contribution in [2.75, 3.05) is 0 Å². The van der Waals surface area contributed by atoms with E-state index in [1.54, 1.807) is 0 Å². The van der Waals surface area contributed by atoms with Gasteiger partial charge in [-0.25, -0.2) is 0 Å². The fourth-order valence-electron chi connectivity index (χ4n) is 1.60. The first-order valence-corrected chi connectivity index (χ1v) is 8.35. The lowest BCUT2D eigenvalue weighted by Gasteiger charge is -2.47. The summed E-state index contributed by atoms with van der Waals surface area (Å²) >= 11 is 0. The number of hydrogen-bond acceptors (Lipinski definition) is 2. The molecule has 0 aromatic rings. The van der Waals surface area contributed by atoms with E-state index in [1.165, 1.54) is 0 Å². The van der Waals surface area contributed by atoms with E-state index >= 15 is 0 Å². The quantitative estimate of drug-likeness (QED) is 0.719. The fraction of sp³-hybridized carbons (Fsp3) is 1.00. The van der Waals surface area contributed by atoms with Gasteiger partial charge < -0.3 is 9.53 Å². The second-order valence-corrected chi connectivity index (χ2v) is 11.2. The van der Waals surface area contributed by atoms with Crippen molar-refractivity contribution < 1.29 is 9.53 Å². The molecule has 0 unspecified atom stereocenters. The molecule has 0 saturated heterocycles. The molecule has 0 spiro atoms. The molecule has 0 atom stereocenters. The van der Waals surface area contributed by atoms with Gasteiger partial charge in [0, 0.05) is 12.8 Å². The highest BCUT2D eigenvalue weighted by molar-refractivity contribution is 6.74. The predicted molar refractivity (Wildman–Crippen MR) is 61.9 cm³/mol. The van der Waals surface area contributed by atoms with Gasteiger partial charge in [-0.3, -0.25) is 0 Å². The zero-order valence-corrected chi connectivity index (χ0v) is 11.3. The van der Waals surface area contributed by atoms with Crippen molar-refractivity contribution in [3.8, 4) is 0 Å². The fourth-order valence-corrected chi connectivity index (χ4v) is 2.95. The Morgan fingerprint density at radius 2 is 1.71 bits per heavy atom. The monoisotopic (exact) mass is 216 g/mol. The molecule has 1 N–H and O–H groups in total. The Balaban J connectivity index is 2.46. The van der Waals surface area contributed by atoms with Crippen LogP contribution in [-0.4, -0.2) is 25.1 Å². The molecule has 0 aromatic carbocycles. The second kappa shape index (κ2) is 3.32. The minimum atomic E-state index is -1.61. The van der Waals surface area contributed by atoms with Gasteiger partial charge in [-0.2, -0.15) is 0 Å². The maximum atomic E-state index is 9.62. The van der Waals surface area contributed by atoms with Crippen molar-refractivity contribution in [2.24, 2.45) is 0 Å². The summed E-state index contributed by atoms with van der Waals surface area (Å²) in [4.78, 5) is 0. The van der Waals surface area contributed by atoms with E-state index in [0.29, 0.717) is 6.10 Å². The molecule has 1 aliphatic carbocycles. The van der Waals surface area contributed by atoms with E-state index in [9.17, 15) is 5.11 Å². The van der Waals surface area contributed by atoms with Gasteiger partial charge in [0.05, 0.1) is 11.7 Å². The van der Waals surface area contributed by atoms with Crippen LogP contribution in [0.3, 0.4) is 0 Å². The van der Waals surface area contributed by atoms with Crippen LogP contribution < -0.4 is 0 Å². The lowest BCUT2D eigenvalue weighted by molar-refractivity contribution is -0.0937. The topological polar surface area (TPSA) is 29.5 Å². The Hall–Kier alpha value is 0.137. The highest BCUT2D eigenvalue weighted by Crippen LogP contribution is 2.42. The summed E-state index contributed by atoms with van der Waals surface area (Å²) in [6.45, 7) is 13.2. The van der Waals surface area contributed by atoms with Crippen LogP contribution in [0.25, 0.3) is 0 Å². The van der Waals surface area contributed by atoms with Gasteiger partial charge in [0.1, 0.15) is 0 Å². The van der Waals surface area contributed by atoms with Crippen LogP contribution in [0.2, 0.25) is 18.1 Å². The van der Waals surface area contributed by atoms with Gasteiger partial charge in [0.2, 0.25) is 0 Å². The number of hydrogen-bond donors (Lipinski definition) is 1. The molecule has 2 nitrogen and oxygen atoms in total. The number of aliphatic hydroxyl groups is 1. The standard InChI is InChI=1S/C11H24O2Si/c1-10(2,3)14(5,6)13-9-7-11(4,12)8-9/h9,12H,7-8H2,1-6H3. The Morgan fingerprint density at radius 3 is 2.00 bits per heavy atom. The molecule has 84 valence electrons. The molecule has 1 aliphatic rings. The lowest BCUT2D eigenvalue weighted by atomic mass is 9.79. The maximum absolute atomic E-state index is 9.62. The summed E-state index contributed by atoms with van der Waals surface area (Å²) in [5, 5.41) is 9.89. The highest BCUT2D eigenvalue weighted by Gasteiger charge is 2.45. The molecule has 14 heavy (non-hydrogen) atoms. The SMILES string of the molecule is CC1(O)CC(O[Si](C)(C)C(C)(C)C)C1. The first-order chi connectivity index (χ1) is 6.04. The first-order valence-electron chi connectivity index (χ1n) is 5.44. The second-order valence-electron chi connectivity index (χ2n) is 6.41. The van der Waals surface area contributed by atoms with E-state index in [2.05, 4.69) is 33.9 Å². The van der Waals surface area contributed by atoms with Crippen LogP contribution in [0.1, 0.15) is 40.5 Å². The molecule has 0 aliphatic heterocycles. The molecule has 0 amide bonds. The molecule has 1 saturated carbocycles. The Labute approximate surface area is 88.8 Å². The molecule has 0 aromatic heterocycles. The highest BCUT2D eigenvalue weighted by atomic mass is 28.4. The van der Waals surface area contributed by atoms with Gasteiger partial charge in [-0.1, -0.05) is 20.8 Å². The Kier molecular flexibility index (Phi) is 2.90. The molecular formula is C11H24O2Si. The van der Waals surface area contributed by atoms with Crippen LogP contribution in [0.4, 0.5) is 0 Å². The van der Waals surface area contributed by atoms with Gasteiger partial charge >= 0.3 is 0 Å². The minimum Gasteiger partial charge on any atom is -0.414 e. The van der Waals surface area contributed by atoms with Crippen molar-refractivity contribution in [1.29, 1.82) is 0 Å². The van der Waals surface area contributed by atoms with Crippen LogP contribution >= 0.6 is 0 Å². The molecule has 3 heteroatoms. The Morgan fingerprint density at radius 1 is 1.29 bits per heavy atom. The summed E-state index contributed by atoms with van der Waals surface area (Å²) in [5.41, 5.74) is -0.465. The first kappa shape index (κ1) is 12.2. The minimum absolute atomic E-state index is 0.272. The zero-order valence-electron chi connectivity index (χ0n) is 10.3. The normalized spacial score (nSPS) is 34.1. The zero-order chi connectivity index (χ0) is 11.2. The van der Waals surface area contributed by atoms with Crippen molar-refractivity contribution >= 4 is 8.32 Å². The number of rotatable bonds is 2. The van der Waals surface area contributed by atoms with Crippen molar-refractivity contribution in [1.82, 2.24) is 0 Å². The average molecular weight is 216 g/mol. The summed E-state index contributed by atoms with van der Waals surface area (Å²) in [7, 11) is -1.61. The van der Waals surface area contributed by atoms with Gasteiger partial charge in [-0.05, 0) is 25.1 Å². The lowest BCUT2D eigenvalue weighted by Crippen LogP contribution is -2.53. The molecule has 0 heterocycles. The van der Waals surface area contributed by atoms with E-state index < -0.39 is 13.9 Å². The molecule has 1 fully saturated rings. The maximum Gasteiger partial charge on any atom is 0.192 e. The predicted octanol–water partition coefficient (Wildman–Crippen LogP) is 2.92. The average Bonchev–Trinajstić information content (AvgIpc) is 1.78. The van der Waals surface area contributed by atoms with Crippen molar-refractivity contribution in [2.45, 2.75) is 70.4 Å². The summed E-state index contributed by atoms with van der Waals surface area (Å²) in [5.74, 6) is 0. The Bertz CT molecular complexity index is 208. The molecular weight excluding hydrogens is 192 g/mol. The third-order valence-corrected chi connectivity index (χ3v) is 8.14. The van der Waals surface area contributed by atoms with Crippen LogP contribution in [0.5, 0.6) is 0 Å². The van der Waals surface area contributed by atoms with E-state index in [0.717, 1.165) is 12.8 Å². The van der Waals surface area contributed by atoms with Gasteiger partial charge in [0.15, 0.2) is 8.32 Å². The van der Waals surface area contributed by atoms with E-state index in [4.69, 9.17) is 4.43 Å². The van der Waals surface area contributed by atoms with Crippen LogP contribution in [0, 0.1) is 0 Å². The van der Waals surface area contributed by atoms with E-state index in [1.807, 2.05) is 6.92 Å². The summed E-state index contributed by atoms with van der Waals surface area (Å²) in [6.07, 6.45) is 1.91. The van der Waals surface area contributed by atoms with Crippen molar-refractivity contribution in [3.63, 3.8) is 0 Å².